The molecule has 2 aromatic heterocycles. The fourth-order valence-corrected chi connectivity index (χ4v) is 4.92. The molecule has 1 saturated heterocycles. The van der Waals surface area contributed by atoms with Crippen LogP contribution in [0.2, 0.25) is 0 Å². The van der Waals surface area contributed by atoms with Gasteiger partial charge in [-0.2, -0.15) is 0 Å². The highest BCUT2D eigenvalue weighted by Gasteiger charge is 2.26. The van der Waals surface area contributed by atoms with E-state index in [1.54, 1.807) is 30.2 Å². The smallest absolute Gasteiger partial charge is 0.272 e. The summed E-state index contributed by atoms with van der Waals surface area (Å²) in [5.41, 5.74) is 2.86. The third-order valence-electron chi connectivity index (χ3n) is 3.87. The van der Waals surface area contributed by atoms with Crippen molar-refractivity contribution in [1.29, 1.82) is 0 Å². The molecule has 1 aliphatic rings. The lowest BCUT2D eigenvalue weighted by Gasteiger charge is -2.05. The van der Waals surface area contributed by atoms with E-state index in [9.17, 15) is 4.39 Å². The van der Waals surface area contributed by atoms with Crippen LogP contribution in [0.1, 0.15) is 23.8 Å². The minimum atomic E-state index is -0.202. The molecule has 118 valence electrons. The summed E-state index contributed by atoms with van der Waals surface area (Å²) >= 11 is 3.57. The summed E-state index contributed by atoms with van der Waals surface area (Å²) in [5.74, 6) is 1.68. The van der Waals surface area contributed by atoms with Gasteiger partial charge < -0.3 is 0 Å². The second-order valence-electron chi connectivity index (χ2n) is 5.44. The number of aromatic nitrogens is 4. The van der Waals surface area contributed by atoms with Crippen LogP contribution in [0, 0.1) is 5.82 Å². The molecule has 0 aliphatic carbocycles. The number of rotatable bonds is 4. The maximum atomic E-state index is 13.3. The molecule has 3 heterocycles. The maximum absolute atomic E-state index is 13.3. The van der Waals surface area contributed by atoms with Gasteiger partial charge in [0.25, 0.3) is 0 Å². The van der Waals surface area contributed by atoms with Crippen LogP contribution in [0.15, 0.2) is 41.9 Å². The fraction of sp³-hybridized carbons (Fsp3) is 0.312. The molecule has 0 amide bonds. The Labute approximate surface area is 141 Å². The van der Waals surface area contributed by atoms with Crippen LogP contribution in [0.3, 0.4) is 0 Å². The molecule has 0 radical (unpaired) electrons. The van der Waals surface area contributed by atoms with Gasteiger partial charge in [-0.1, -0.05) is 28.9 Å². The topological polar surface area (TPSA) is 45.5 Å². The van der Waals surface area contributed by atoms with Gasteiger partial charge in [-0.3, -0.25) is 4.98 Å². The minimum absolute atomic E-state index is 0.202. The van der Waals surface area contributed by atoms with Crippen molar-refractivity contribution in [2.24, 2.45) is 0 Å². The summed E-state index contributed by atoms with van der Waals surface area (Å²) in [7, 11) is 0. The number of H-pyrrole nitrogens is 1. The van der Waals surface area contributed by atoms with Crippen molar-refractivity contribution in [2.75, 3.05) is 5.75 Å². The highest BCUT2D eigenvalue weighted by molar-refractivity contribution is 7.99. The Bertz CT molecular complexity index is 830. The zero-order valence-corrected chi connectivity index (χ0v) is 14.0. The first-order chi connectivity index (χ1) is 11.3. The number of hydrogen-bond donors (Lipinski definition) is 1. The number of fused-ring (bicyclic) bond motifs is 1. The van der Waals surface area contributed by atoms with E-state index in [0.29, 0.717) is 11.1 Å². The Morgan fingerprint density at radius 1 is 1.39 bits per heavy atom. The van der Waals surface area contributed by atoms with E-state index in [2.05, 4.69) is 19.5 Å². The van der Waals surface area contributed by atoms with Crippen molar-refractivity contribution >= 4 is 34.7 Å². The molecule has 0 spiro atoms. The number of hydrogen-bond acceptors (Lipinski definition) is 4. The maximum Gasteiger partial charge on any atom is 0.306 e. The van der Waals surface area contributed by atoms with E-state index in [1.165, 1.54) is 24.7 Å². The predicted molar refractivity (Wildman–Crippen MR) is 90.8 cm³/mol. The lowest BCUT2D eigenvalue weighted by Crippen LogP contribution is -2.35. The van der Waals surface area contributed by atoms with Gasteiger partial charge >= 0.3 is 5.65 Å². The van der Waals surface area contributed by atoms with Gasteiger partial charge in [0.1, 0.15) is 16.2 Å². The van der Waals surface area contributed by atoms with E-state index < -0.39 is 0 Å². The lowest BCUT2D eigenvalue weighted by molar-refractivity contribution is -0.675. The summed E-state index contributed by atoms with van der Waals surface area (Å²) in [6.07, 6.45) is 6.04. The number of nitrogens with one attached hydrogen (secondary N) is 1. The van der Waals surface area contributed by atoms with Crippen LogP contribution < -0.4 is 4.57 Å². The molecule has 1 atom stereocenters. The minimum Gasteiger partial charge on any atom is -0.272 e. The van der Waals surface area contributed by atoms with Crippen LogP contribution in [0.4, 0.5) is 4.39 Å². The van der Waals surface area contributed by atoms with Crippen molar-refractivity contribution in [3.8, 4) is 0 Å². The van der Waals surface area contributed by atoms with E-state index in [4.69, 9.17) is 0 Å². The highest BCUT2D eigenvalue weighted by atomic mass is 32.2. The number of aromatic amines is 1. The van der Waals surface area contributed by atoms with Gasteiger partial charge in [-0.05, 0) is 36.3 Å². The third kappa shape index (κ3) is 3.07. The Morgan fingerprint density at radius 3 is 3.17 bits per heavy atom. The zero-order valence-electron chi connectivity index (χ0n) is 12.4. The molecule has 0 bridgehead atoms. The molecule has 4 rings (SSSR count). The first-order valence-corrected chi connectivity index (χ1v) is 9.57. The van der Waals surface area contributed by atoms with Crippen LogP contribution in [-0.4, -0.2) is 20.7 Å². The molecule has 1 fully saturated rings. The van der Waals surface area contributed by atoms with Crippen molar-refractivity contribution in [1.82, 2.24) is 15.0 Å². The average Bonchev–Trinajstić information content (AvgIpc) is 3.22. The van der Waals surface area contributed by atoms with E-state index in [-0.39, 0.29) is 5.82 Å². The van der Waals surface area contributed by atoms with Crippen LogP contribution in [-0.2, 0) is 5.75 Å². The first kappa shape index (κ1) is 15.0. The van der Waals surface area contributed by atoms with Crippen molar-refractivity contribution in [3.05, 3.63) is 48.3 Å². The molecular formula is C16H16FN4S2+. The molecule has 1 aromatic carbocycles. The summed E-state index contributed by atoms with van der Waals surface area (Å²) in [5, 5.41) is 1.36. The standard InChI is InChI=1S/C16H15FN4S2/c17-12-4-1-3-11(7-12)8-23-16-14-15(18-9-19-16)21(10-20-14)13-5-2-6-22-13/h1,3-4,7,9-10,13H,2,5-6,8H2/p+1/t13-/m1/s1. The molecular weight excluding hydrogens is 331 g/mol. The number of halogens is 1. The van der Waals surface area contributed by atoms with Crippen LogP contribution >= 0.6 is 23.5 Å². The second kappa shape index (κ2) is 6.49. The highest BCUT2D eigenvalue weighted by Crippen LogP contribution is 2.33. The number of thioether (sulfide) groups is 2. The van der Waals surface area contributed by atoms with E-state index >= 15 is 0 Å². The molecule has 23 heavy (non-hydrogen) atoms. The van der Waals surface area contributed by atoms with Gasteiger partial charge in [0.05, 0.1) is 0 Å². The van der Waals surface area contributed by atoms with Gasteiger partial charge in [0.15, 0.2) is 12.7 Å². The Kier molecular flexibility index (Phi) is 4.22. The summed E-state index contributed by atoms with van der Waals surface area (Å²) in [6, 6.07) is 6.69. The molecule has 1 aliphatic heterocycles. The SMILES string of the molecule is Fc1cccc(CSc2ncnc3c2[nH]c[n+]3[C@H]2CCCS2)c1. The molecule has 1 N–H and O–H groups in total. The zero-order chi connectivity index (χ0) is 15.6. The number of nitrogens with zero attached hydrogens (tertiary/aromatic N) is 3. The van der Waals surface area contributed by atoms with Crippen LogP contribution in [0.25, 0.3) is 11.2 Å². The Hall–Kier alpha value is -1.60. The molecule has 4 nitrogen and oxygen atoms in total. The molecule has 3 aromatic rings. The van der Waals surface area contributed by atoms with E-state index in [1.807, 2.05) is 24.2 Å². The van der Waals surface area contributed by atoms with Gasteiger partial charge in [0, 0.05) is 5.75 Å². The van der Waals surface area contributed by atoms with Crippen molar-refractivity contribution in [3.63, 3.8) is 0 Å². The second-order valence-corrected chi connectivity index (χ2v) is 7.69. The Morgan fingerprint density at radius 2 is 2.35 bits per heavy atom. The number of benzene rings is 1. The van der Waals surface area contributed by atoms with Gasteiger partial charge in [-0.15, -0.1) is 11.8 Å². The molecule has 0 saturated carbocycles. The average molecular weight is 347 g/mol. The van der Waals surface area contributed by atoms with Gasteiger partial charge in [0.2, 0.25) is 5.52 Å². The van der Waals surface area contributed by atoms with Gasteiger partial charge in [-0.25, -0.2) is 13.9 Å². The largest absolute Gasteiger partial charge is 0.306 e. The normalized spacial score (nSPS) is 17.9. The fourth-order valence-electron chi connectivity index (χ4n) is 2.77. The molecule has 0 unspecified atom stereocenters. The summed E-state index contributed by atoms with van der Waals surface area (Å²) < 4.78 is 15.5. The quantitative estimate of drug-likeness (QED) is 0.444. The summed E-state index contributed by atoms with van der Waals surface area (Å²) in [6.45, 7) is 0. The molecule has 7 heteroatoms. The van der Waals surface area contributed by atoms with Crippen molar-refractivity contribution < 1.29 is 8.96 Å². The predicted octanol–water partition coefficient (Wildman–Crippen LogP) is 3.70. The third-order valence-corrected chi connectivity index (χ3v) is 6.30. The van der Waals surface area contributed by atoms with Crippen LogP contribution in [0.5, 0.6) is 0 Å². The Balaban J connectivity index is 1.60. The van der Waals surface area contributed by atoms with Crippen molar-refractivity contribution in [2.45, 2.75) is 29.0 Å². The van der Waals surface area contributed by atoms with E-state index in [0.717, 1.165) is 21.8 Å². The summed E-state index contributed by atoms with van der Waals surface area (Å²) in [4.78, 5) is 12.2. The lowest BCUT2D eigenvalue weighted by atomic mass is 10.2. The monoisotopic (exact) mass is 347 g/mol. The first-order valence-electron chi connectivity index (χ1n) is 7.53. The number of imidazole rings is 1.